The molecule has 0 aliphatic carbocycles. The predicted octanol–water partition coefficient (Wildman–Crippen LogP) is 2.31. The third-order valence-electron chi connectivity index (χ3n) is 2.48. The second-order valence-electron chi connectivity index (χ2n) is 3.83. The highest BCUT2D eigenvalue weighted by Gasteiger charge is 2.15. The van der Waals surface area contributed by atoms with Crippen LogP contribution in [0.25, 0.3) is 0 Å². The van der Waals surface area contributed by atoms with E-state index in [9.17, 15) is 0 Å². The first-order valence-electron chi connectivity index (χ1n) is 5.52. The van der Waals surface area contributed by atoms with E-state index < -0.39 is 0 Å². The molecular formula is C11H14BrN3OS. The Morgan fingerprint density at radius 3 is 3.24 bits per heavy atom. The SMILES string of the molecule is S=C(NC[C@@H]1CCCO1)Nc1cc(Br)ccn1. The van der Waals surface area contributed by atoms with Gasteiger partial charge in [-0.15, -0.1) is 0 Å². The Labute approximate surface area is 114 Å². The Morgan fingerprint density at radius 2 is 2.53 bits per heavy atom. The van der Waals surface area contributed by atoms with Gasteiger partial charge in [0.15, 0.2) is 5.11 Å². The van der Waals surface area contributed by atoms with E-state index in [2.05, 4.69) is 31.5 Å². The standard InChI is InChI=1S/C11H14BrN3OS/c12-8-3-4-13-10(6-8)15-11(17)14-7-9-2-1-5-16-9/h3-4,6,9H,1-2,5,7H2,(H2,13,14,15,17)/t9-/m0/s1. The highest BCUT2D eigenvalue weighted by atomic mass is 79.9. The summed E-state index contributed by atoms with van der Waals surface area (Å²) in [4.78, 5) is 4.16. The molecule has 92 valence electrons. The van der Waals surface area contributed by atoms with Crippen molar-refractivity contribution in [3.8, 4) is 0 Å². The summed E-state index contributed by atoms with van der Waals surface area (Å²) < 4.78 is 6.47. The molecule has 1 aliphatic heterocycles. The number of ether oxygens (including phenoxy) is 1. The quantitative estimate of drug-likeness (QED) is 0.838. The van der Waals surface area contributed by atoms with Crippen molar-refractivity contribution < 1.29 is 4.74 Å². The number of rotatable bonds is 3. The minimum atomic E-state index is 0.283. The summed E-state index contributed by atoms with van der Waals surface area (Å²) in [6.07, 6.45) is 4.24. The van der Waals surface area contributed by atoms with Crippen molar-refractivity contribution in [2.24, 2.45) is 0 Å². The van der Waals surface area contributed by atoms with E-state index in [1.807, 2.05) is 12.1 Å². The van der Waals surface area contributed by atoms with Gasteiger partial charge in [0, 0.05) is 23.8 Å². The van der Waals surface area contributed by atoms with Crippen LogP contribution >= 0.6 is 28.1 Å². The molecule has 1 aromatic heterocycles. The summed E-state index contributed by atoms with van der Waals surface area (Å²) in [7, 11) is 0. The van der Waals surface area contributed by atoms with E-state index in [0.29, 0.717) is 5.11 Å². The normalized spacial score (nSPS) is 19.0. The highest BCUT2D eigenvalue weighted by molar-refractivity contribution is 9.10. The molecule has 1 aromatic rings. The highest BCUT2D eigenvalue weighted by Crippen LogP contribution is 2.13. The number of nitrogens with one attached hydrogen (secondary N) is 2. The predicted molar refractivity (Wildman–Crippen MR) is 75.1 cm³/mol. The van der Waals surface area contributed by atoms with Gasteiger partial charge in [0.25, 0.3) is 0 Å². The van der Waals surface area contributed by atoms with Crippen LogP contribution in [0, 0.1) is 0 Å². The summed E-state index contributed by atoms with van der Waals surface area (Å²) in [6, 6.07) is 3.74. The van der Waals surface area contributed by atoms with Crippen LogP contribution in [0.15, 0.2) is 22.8 Å². The number of thiocarbonyl (C=S) groups is 1. The van der Waals surface area contributed by atoms with Gasteiger partial charge >= 0.3 is 0 Å². The summed E-state index contributed by atoms with van der Waals surface area (Å²) >= 11 is 8.56. The second kappa shape index (κ2) is 6.28. The number of hydrogen-bond acceptors (Lipinski definition) is 3. The van der Waals surface area contributed by atoms with Crippen molar-refractivity contribution in [3.05, 3.63) is 22.8 Å². The molecule has 0 bridgehead atoms. The van der Waals surface area contributed by atoms with Crippen molar-refractivity contribution in [1.29, 1.82) is 0 Å². The van der Waals surface area contributed by atoms with E-state index in [0.717, 1.165) is 36.3 Å². The van der Waals surface area contributed by atoms with Crippen LogP contribution in [-0.4, -0.2) is 29.4 Å². The van der Waals surface area contributed by atoms with E-state index in [1.54, 1.807) is 6.20 Å². The lowest BCUT2D eigenvalue weighted by Crippen LogP contribution is -2.35. The molecule has 0 spiro atoms. The second-order valence-corrected chi connectivity index (χ2v) is 5.15. The Balaban J connectivity index is 1.76. The largest absolute Gasteiger partial charge is 0.376 e. The molecule has 2 heterocycles. The van der Waals surface area contributed by atoms with Crippen molar-refractivity contribution in [3.63, 3.8) is 0 Å². The molecule has 0 aromatic carbocycles. The zero-order chi connectivity index (χ0) is 12.1. The summed E-state index contributed by atoms with van der Waals surface area (Å²) in [5.41, 5.74) is 0. The molecule has 2 rings (SSSR count). The van der Waals surface area contributed by atoms with Gasteiger partial charge in [-0.05, 0) is 37.2 Å². The molecule has 0 radical (unpaired) electrons. The smallest absolute Gasteiger partial charge is 0.172 e. The zero-order valence-electron chi connectivity index (χ0n) is 9.28. The number of anilines is 1. The van der Waals surface area contributed by atoms with E-state index in [1.165, 1.54) is 0 Å². The monoisotopic (exact) mass is 315 g/mol. The van der Waals surface area contributed by atoms with Gasteiger partial charge in [-0.25, -0.2) is 4.98 Å². The topological polar surface area (TPSA) is 46.2 Å². The molecule has 0 saturated carbocycles. The van der Waals surface area contributed by atoms with Crippen molar-refractivity contribution >= 4 is 39.1 Å². The molecule has 4 nitrogen and oxygen atoms in total. The van der Waals surface area contributed by atoms with Crippen LogP contribution in [0.4, 0.5) is 5.82 Å². The van der Waals surface area contributed by atoms with Gasteiger partial charge in [0.2, 0.25) is 0 Å². The van der Waals surface area contributed by atoms with Gasteiger partial charge < -0.3 is 15.4 Å². The molecule has 1 atom stereocenters. The number of aromatic nitrogens is 1. The van der Waals surface area contributed by atoms with E-state index >= 15 is 0 Å². The van der Waals surface area contributed by atoms with Crippen molar-refractivity contribution in [1.82, 2.24) is 10.3 Å². The molecule has 1 aliphatic rings. The number of nitrogens with zero attached hydrogens (tertiary/aromatic N) is 1. The summed E-state index contributed by atoms with van der Waals surface area (Å²) in [5, 5.41) is 6.74. The van der Waals surface area contributed by atoms with Crippen LogP contribution in [0.3, 0.4) is 0 Å². The fourth-order valence-electron chi connectivity index (χ4n) is 1.65. The van der Waals surface area contributed by atoms with Crippen LogP contribution in [0.1, 0.15) is 12.8 Å². The number of hydrogen-bond donors (Lipinski definition) is 2. The van der Waals surface area contributed by atoms with Gasteiger partial charge in [-0.1, -0.05) is 15.9 Å². The van der Waals surface area contributed by atoms with Gasteiger partial charge in [0.05, 0.1) is 6.10 Å². The minimum Gasteiger partial charge on any atom is -0.376 e. The molecule has 2 N–H and O–H groups in total. The third-order valence-corrected chi connectivity index (χ3v) is 3.22. The molecule has 17 heavy (non-hydrogen) atoms. The molecular weight excluding hydrogens is 302 g/mol. The average Bonchev–Trinajstić information content (AvgIpc) is 2.79. The minimum absolute atomic E-state index is 0.283. The van der Waals surface area contributed by atoms with Gasteiger partial charge in [-0.2, -0.15) is 0 Å². The number of halogens is 1. The maximum Gasteiger partial charge on any atom is 0.172 e. The van der Waals surface area contributed by atoms with Gasteiger partial charge in [0.1, 0.15) is 5.82 Å². The lowest BCUT2D eigenvalue weighted by molar-refractivity contribution is 0.114. The Morgan fingerprint density at radius 1 is 1.65 bits per heavy atom. The van der Waals surface area contributed by atoms with Crippen LogP contribution in [0.5, 0.6) is 0 Å². The summed E-state index contributed by atoms with van der Waals surface area (Å²) in [5.74, 6) is 0.726. The van der Waals surface area contributed by atoms with E-state index in [4.69, 9.17) is 17.0 Å². The maximum absolute atomic E-state index is 5.50. The first-order chi connectivity index (χ1) is 8.24. The Hall–Kier alpha value is -0.720. The lowest BCUT2D eigenvalue weighted by atomic mass is 10.2. The van der Waals surface area contributed by atoms with E-state index in [-0.39, 0.29) is 6.10 Å². The molecule has 1 saturated heterocycles. The fourth-order valence-corrected chi connectivity index (χ4v) is 2.17. The molecule has 0 amide bonds. The average molecular weight is 316 g/mol. The van der Waals surface area contributed by atoms with Crippen LogP contribution in [-0.2, 0) is 4.74 Å². The van der Waals surface area contributed by atoms with Crippen LogP contribution < -0.4 is 10.6 Å². The third kappa shape index (κ3) is 4.22. The Kier molecular flexibility index (Phi) is 4.70. The molecule has 6 heteroatoms. The molecule has 1 fully saturated rings. The Bertz CT molecular complexity index is 396. The lowest BCUT2D eigenvalue weighted by Gasteiger charge is -2.13. The fraction of sp³-hybridized carbons (Fsp3) is 0.455. The van der Waals surface area contributed by atoms with Crippen molar-refractivity contribution in [2.75, 3.05) is 18.5 Å². The first kappa shape index (κ1) is 12.7. The molecule has 0 unspecified atom stereocenters. The van der Waals surface area contributed by atoms with Crippen molar-refractivity contribution in [2.45, 2.75) is 18.9 Å². The first-order valence-corrected chi connectivity index (χ1v) is 6.72. The summed E-state index contributed by atoms with van der Waals surface area (Å²) in [6.45, 7) is 1.61. The maximum atomic E-state index is 5.50. The number of pyridine rings is 1. The van der Waals surface area contributed by atoms with Gasteiger partial charge in [-0.3, -0.25) is 0 Å². The zero-order valence-corrected chi connectivity index (χ0v) is 11.7. The van der Waals surface area contributed by atoms with Crippen LogP contribution in [0.2, 0.25) is 0 Å².